The molecule has 3 rings (SSSR count). The molecule has 41 heavy (non-hydrogen) atoms. The van der Waals surface area contributed by atoms with Crippen LogP contribution < -0.4 is 5.32 Å². The predicted molar refractivity (Wildman–Crippen MR) is 158 cm³/mol. The second kappa shape index (κ2) is 17.5. The van der Waals surface area contributed by atoms with Gasteiger partial charge in [-0.15, -0.1) is 0 Å². The Morgan fingerprint density at radius 1 is 0.976 bits per heavy atom. The lowest BCUT2D eigenvalue weighted by atomic mass is 9.89. The van der Waals surface area contributed by atoms with Crippen molar-refractivity contribution in [3.05, 3.63) is 36.0 Å². The van der Waals surface area contributed by atoms with Crippen LogP contribution in [0.1, 0.15) is 97.3 Å². The minimum absolute atomic E-state index is 0.00799. The van der Waals surface area contributed by atoms with Crippen molar-refractivity contribution in [2.24, 2.45) is 11.8 Å². The lowest BCUT2D eigenvalue weighted by molar-refractivity contribution is -0.154. The molecule has 2 fully saturated rings. The molecule has 230 valence electrons. The number of hydrogen-bond donors (Lipinski definition) is 1. The molecule has 8 nitrogen and oxygen atoms in total. The fraction of sp³-hybridized carbons (Fsp3) is 0.727. The Balaban J connectivity index is 1.72. The number of unbranched alkanes of at least 4 members (excludes halogenated alkanes) is 3. The first-order chi connectivity index (χ1) is 19.7. The van der Waals surface area contributed by atoms with E-state index in [9.17, 15) is 14.4 Å². The molecule has 0 radical (unpaired) electrons. The molecule has 0 spiro atoms. The van der Waals surface area contributed by atoms with E-state index >= 15 is 0 Å². The Morgan fingerprint density at radius 2 is 1.71 bits per heavy atom. The maximum absolute atomic E-state index is 13.2. The maximum atomic E-state index is 13.2. The molecule has 3 heterocycles. The molecule has 0 aliphatic carbocycles. The Kier molecular flexibility index (Phi) is 14.1. The van der Waals surface area contributed by atoms with Gasteiger partial charge in [-0.1, -0.05) is 44.1 Å². The molecule has 7 unspecified atom stereocenters. The zero-order chi connectivity index (χ0) is 29.6. The third kappa shape index (κ3) is 12.1. The van der Waals surface area contributed by atoms with Crippen LogP contribution in [0.3, 0.4) is 0 Å². The molecular weight excluding hydrogens is 522 g/mol. The second-order valence-corrected chi connectivity index (χ2v) is 12.0. The van der Waals surface area contributed by atoms with Gasteiger partial charge in [-0.25, -0.2) is 4.79 Å². The Hall–Kier alpha value is -2.45. The first-order valence-electron chi connectivity index (χ1n) is 15.6. The molecule has 4 bridgehead atoms. The van der Waals surface area contributed by atoms with E-state index in [1.807, 2.05) is 6.08 Å². The zero-order valence-corrected chi connectivity index (χ0v) is 25.5. The molecule has 0 saturated carbocycles. The van der Waals surface area contributed by atoms with E-state index in [0.29, 0.717) is 25.2 Å². The highest BCUT2D eigenvalue weighted by molar-refractivity contribution is 5.82. The van der Waals surface area contributed by atoms with Crippen molar-refractivity contribution < 1.29 is 33.3 Å². The molecule has 8 heteroatoms. The molecule has 0 aromatic heterocycles. The number of hydrogen-bond acceptors (Lipinski definition) is 7. The van der Waals surface area contributed by atoms with Gasteiger partial charge in [-0.05, 0) is 69.8 Å². The summed E-state index contributed by atoms with van der Waals surface area (Å²) in [6.07, 6.45) is 19.9. The van der Waals surface area contributed by atoms with Crippen LogP contribution in [0.25, 0.3) is 0 Å². The van der Waals surface area contributed by atoms with E-state index in [-0.39, 0.29) is 60.7 Å². The molecule has 1 amide bonds. The molecule has 1 N–H and O–H groups in total. The summed E-state index contributed by atoms with van der Waals surface area (Å²) in [5.41, 5.74) is 0.942. The highest BCUT2D eigenvalue weighted by atomic mass is 16.6. The smallest absolute Gasteiger partial charge is 0.330 e. The molecule has 2 saturated heterocycles. The number of carbonyl (C=O) groups excluding carboxylic acids is 3. The standard InChI is InChI=1S/C33H51NO7/c1-23-15-16-24(2)30(13-8-6-5-7-9-14-31(35)34-3)41-33(37)22-29-19-25(20-32(36)38-4)18-28(40-29)21-27-12-10-11-26(17-23)39-27/h8,13,15-16,20,23-24,26-30H,5-7,9-12,14,17-19,21-22H2,1-4H3,(H,34,35)/b13-8+,16-15+,25-20-. The molecule has 0 aromatic rings. The van der Waals surface area contributed by atoms with Crippen LogP contribution in [0.15, 0.2) is 36.0 Å². The van der Waals surface area contributed by atoms with Crippen LogP contribution in [-0.2, 0) is 33.3 Å². The molecule has 7 atom stereocenters. The number of methoxy groups -OCH3 is 1. The number of ether oxygens (including phenoxy) is 4. The average Bonchev–Trinajstić information content (AvgIpc) is 2.94. The van der Waals surface area contributed by atoms with Crippen LogP contribution in [-0.4, -0.2) is 62.5 Å². The number of allylic oxidation sites excluding steroid dienone is 2. The average molecular weight is 574 g/mol. The summed E-state index contributed by atoms with van der Waals surface area (Å²) in [5.74, 6) is -0.258. The molecular formula is C33H51NO7. The summed E-state index contributed by atoms with van der Waals surface area (Å²) in [5, 5.41) is 2.65. The van der Waals surface area contributed by atoms with Crippen molar-refractivity contribution in [1.29, 1.82) is 0 Å². The normalized spacial score (nSPS) is 33.2. The highest BCUT2D eigenvalue weighted by Gasteiger charge is 2.33. The van der Waals surface area contributed by atoms with Crippen molar-refractivity contribution in [3.8, 4) is 0 Å². The third-order valence-electron chi connectivity index (χ3n) is 8.29. The van der Waals surface area contributed by atoms with Crippen molar-refractivity contribution in [2.75, 3.05) is 14.2 Å². The lowest BCUT2D eigenvalue weighted by Gasteiger charge is -2.37. The fourth-order valence-corrected chi connectivity index (χ4v) is 6.02. The van der Waals surface area contributed by atoms with Crippen molar-refractivity contribution in [2.45, 2.75) is 128 Å². The summed E-state index contributed by atoms with van der Waals surface area (Å²) in [6, 6.07) is 0. The van der Waals surface area contributed by atoms with Crippen LogP contribution >= 0.6 is 0 Å². The van der Waals surface area contributed by atoms with Gasteiger partial charge in [0, 0.05) is 31.9 Å². The summed E-state index contributed by atoms with van der Waals surface area (Å²) < 4.78 is 23.8. The summed E-state index contributed by atoms with van der Waals surface area (Å²) in [4.78, 5) is 36.6. The van der Waals surface area contributed by atoms with Gasteiger partial charge in [0.2, 0.25) is 5.91 Å². The largest absolute Gasteiger partial charge is 0.466 e. The lowest BCUT2D eigenvalue weighted by Crippen LogP contribution is -2.37. The predicted octanol–water partition coefficient (Wildman–Crippen LogP) is 5.75. The van der Waals surface area contributed by atoms with E-state index in [2.05, 4.69) is 37.4 Å². The van der Waals surface area contributed by atoms with Gasteiger partial charge in [0.15, 0.2) is 0 Å². The van der Waals surface area contributed by atoms with Crippen molar-refractivity contribution in [1.82, 2.24) is 5.32 Å². The Labute approximate surface area is 246 Å². The van der Waals surface area contributed by atoms with Gasteiger partial charge in [0.05, 0.1) is 37.9 Å². The number of fused-ring (bicyclic) bond motifs is 4. The maximum Gasteiger partial charge on any atom is 0.330 e. The van der Waals surface area contributed by atoms with Crippen LogP contribution in [0.4, 0.5) is 0 Å². The van der Waals surface area contributed by atoms with Crippen molar-refractivity contribution >= 4 is 17.8 Å². The summed E-state index contributed by atoms with van der Waals surface area (Å²) in [7, 11) is 3.04. The van der Waals surface area contributed by atoms with Crippen LogP contribution in [0, 0.1) is 11.8 Å². The second-order valence-electron chi connectivity index (χ2n) is 12.0. The SMILES string of the molecule is CNC(=O)CCCCC/C=C/C1OC(=O)CC2C/C(=C\C(=O)OC)CC(CC3CCCC(CC(C)/C=C/C1C)O3)O2. The van der Waals surface area contributed by atoms with Gasteiger partial charge >= 0.3 is 11.9 Å². The Bertz CT molecular complexity index is 942. The van der Waals surface area contributed by atoms with Crippen molar-refractivity contribution in [3.63, 3.8) is 0 Å². The zero-order valence-electron chi connectivity index (χ0n) is 25.5. The highest BCUT2D eigenvalue weighted by Crippen LogP contribution is 2.33. The summed E-state index contributed by atoms with van der Waals surface area (Å²) >= 11 is 0. The van der Waals surface area contributed by atoms with E-state index in [1.165, 1.54) is 7.11 Å². The molecule has 3 aliphatic heterocycles. The number of cyclic esters (lactones) is 1. The molecule has 3 aliphatic rings. The minimum atomic E-state index is -0.385. The number of rotatable bonds is 8. The number of amides is 1. The van der Waals surface area contributed by atoms with Gasteiger partial charge in [-0.3, -0.25) is 9.59 Å². The van der Waals surface area contributed by atoms with E-state index in [0.717, 1.165) is 63.4 Å². The van der Waals surface area contributed by atoms with Gasteiger partial charge in [0.1, 0.15) is 6.10 Å². The van der Waals surface area contributed by atoms with Gasteiger partial charge in [-0.2, -0.15) is 0 Å². The summed E-state index contributed by atoms with van der Waals surface area (Å²) in [6.45, 7) is 4.29. The first kappa shape index (κ1) is 33.1. The number of carbonyl (C=O) groups is 3. The van der Waals surface area contributed by atoms with E-state index < -0.39 is 0 Å². The first-order valence-corrected chi connectivity index (χ1v) is 15.6. The quantitative estimate of drug-likeness (QED) is 0.171. The fourth-order valence-electron chi connectivity index (χ4n) is 6.02. The number of nitrogens with one attached hydrogen (secondary N) is 1. The van der Waals surface area contributed by atoms with Gasteiger partial charge in [0.25, 0.3) is 0 Å². The monoisotopic (exact) mass is 573 g/mol. The molecule has 0 aromatic carbocycles. The van der Waals surface area contributed by atoms with Crippen LogP contribution in [0.2, 0.25) is 0 Å². The number of esters is 2. The Morgan fingerprint density at radius 3 is 2.46 bits per heavy atom. The van der Waals surface area contributed by atoms with E-state index in [1.54, 1.807) is 13.1 Å². The van der Waals surface area contributed by atoms with Crippen LogP contribution in [0.5, 0.6) is 0 Å². The minimum Gasteiger partial charge on any atom is -0.466 e. The van der Waals surface area contributed by atoms with Gasteiger partial charge < -0.3 is 24.3 Å². The van der Waals surface area contributed by atoms with E-state index in [4.69, 9.17) is 18.9 Å². The third-order valence-corrected chi connectivity index (χ3v) is 8.29. The topological polar surface area (TPSA) is 100 Å².